The maximum absolute atomic E-state index is 12.0. The van der Waals surface area contributed by atoms with Gasteiger partial charge >= 0.3 is 12.3 Å². The molecule has 0 amide bonds. The Morgan fingerprint density at radius 2 is 1.82 bits per heavy atom. The number of ether oxygens (including phenoxy) is 2. The van der Waals surface area contributed by atoms with Gasteiger partial charge in [0.05, 0.1) is 5.56 Å². The van der Waals surface area contributed by atoms with Crippen LogP contribution in [0.2, 0.25) is 5.15 Å². The molecule has 0 spiro atoms. The molecule has 0 radical (unpaired) electrons. The fourth-order valence-electron chi connectivity index (χ4n) is 1.52. The number of esters is 1. The van der Waals surface area contributed by atoms with Crippen molar-refractivity contribution in [2.24, 2.45) is 0 Å². The van der Waals surface area contributed by atoms with Gasteiger partial charge in [0.2, 0.25) is 0 Å². The summed E-state index contributed by atoms with van der Waals surface area (Å²) in [7, 11) is 0. The molecule has 0 unspecified atom stereocenters. The highest BCUT2D eigenvalue weighted by molar-refractivity contribution is 6.29. The fourth-order valence-corrected chi connectivity index (χ4v) is 1.63. The van der Waals surface area contributed by atoms with Crippen LogP contribution in [0.15, 0.2) is 42.6 Å². The van der Waals surface area contributed by atoms with E-state index < -0.39 is 18.1 Å². The third kappa shape index (κ3) is 4.92. The fraction of sp³-hybridized carbons (Fsp3) is 0.143. The normalized spacial score (nSPS) is 11.1. The van der Waals surface area contributed by atoms with Crippen LogP contribution in [0.3, 0.4) is 0 Å². The molecule has 2 rings (SSSR count). The first-order valence-corrected chi connectivity index (χ1v) is 6.35. The van der Waals surface area contributed by atoms with Crippen LogP contribution in [-0.4, -0.2) is 17.3 Å². The second-order valence-corrected chi connectivity index (χ2v) is 4.52. The van der Waals surface area contributed by atoms with Crippen molar-refractivity contribution in [3.8, 4) is 5.75 Å². The minimum atomic E-state index is -4.77. The largest absolute Gasteiger partial charge is 0.573 e. The highest BCUT2D eigenvalue weighted by Gasteiger charge is 2.31. The van der Waals surface area contributed by atoms with Crippen molar-refractivity contribution in [2.75, 3.05) is 0 Å². The maximum atomic E-state index is 12.0. The van der Waals surface area contributed by atoms with Gasteiger partial charge < -0.3 is 9.47 Å². The Balaban J connectivity index is 1.93. The molecule has 1 aromatic carbocycles. The Labute approximate surface area is 128 Å². The van der Waals surface area contributed by atoms with Gasteiger partial charge in [0, 0.05) is 11.8 Å². The molecule has 0 aliphatic heterocycles. The van der Waals surface area contributed by atoms with Crippen molar-refractivity contribution in [1.29, 1.82) is 0 Å². The van der Waals surface area contributed by atoms with Crippen molar-refractivity contribution in [2.45, 2.75) is 13.0 Å². The van der Waals surface area contributed by atoms with E-state index in [4.69, 9.17) is 16.3 Å². The lowest BCUT2D eigenvalue weighted by molar-refractivity contribution is -0.274. The van der Waals surface area contributed by atoms with E-state index in [0.29, 0.717) is 10.7 Å². The second-order valence-electron chi connectivity index (χ2n) is 4.14. The number of hydrogen-bond acceptors (Lipinski definition) is 4. The van der Waals surface area contributed by atoms with E-state index in [0.717, 1.165) is 12.1 Å². The first-order valence-electron chi connectivity index (χ1n) is 5.97. The van der Waals surface area contributed by atoms with Gasteiger partial charge in [0.1, 0.15) is 17.5 Å². The zero-order chi connectivity index (χ0) is 16.2. The minimum absolute atomic E-state index is 0.0240. The Morgan fingerprint density at radius 1 is 1.14 bits per heavy atom. The Hall–Kier alpha value is -2.28. The van der Waals surface area contributed by atoms with Gasteiger partial charge in [-0.05, 0) is 30.3 Å². The Kier molecular flexibility index (Phi) is 4.87. The van der Waals surface area contributed by atoms with Gasteiger partial charge in [-0.2, -0.15) is 0 Å². The lowest BCUT2D eigenvalue weighted by Crippen LogP contribution is -2.17. The predicted octanol–water partition coefficient (Wildman–Crippen LogP) is 3.99. The molecule has 0 saturated heterocycles. The zero-order valence-electron chi connectivity index (χ0n) is 10.9. The summed E-state index contributed by atoms with van der Waals surface area (Å²) < 4.78 is 44.7. The van der Waals surface area contributed by atoms with Gasteiger partial charge in [0.25, 0.3) is 0 Å². The number of pyridine rings is 1. The molecule has 0 atom stereocenters. The molecule has 1 aromatic heterocycles. The second kappa shape index (κ2) is 6.65. The molecule has 4 nitrogen and oxygen atoms in total. The predicted molar refractivity (Wildman–Crippen MR) is 71.5 cm³/mol. The van der Waals surface area contributed by atoms with Crippen LogP contribution < -0.4 is 4.74 Å². The van der Waals surface area contributed by atoms with Gasteiger partial charge in [-0.15, -0.1) is 13.2 Å². The Morgan fingerprint density at radius 3 is 2.36 bits per heavy atom. The van der Waals surface area contributed by atoms with E-state index in [1.54, 1.807) is 12.1 Å². The van der Waals surface area contributed by atoms with Crippen molar-refractivity contribution in [1.82, 2.24) is 4.98 Å². The van der Waals surface area contributed by atoms with Crippen LogP contribution in [-0.2, 0) is 11.3 Å². The summed E-state index contributed by atoms with van der Waals surface area (Å²) >= 11 is 5.62. The summed E-state index contributed by atoms with van der Waals surface area (Å²) in [6, 6.07) is 7.63. The number of carbonyl (C=O) groups excluding carboxylic acids is 1. The molecule has 0 aliphatic rings. The molecule has 0 N–H and O–H groups in total. The van der Waals surface area contributed by atoms with Gasteiger partial charge in [-0.3, -0.25) is 0 Å². The quantitative estimate of drug-likeness (QED) is 0.628. The molecule has 2 aromatic rings. The number of carbonyl (C=O) groups is 1. The topological polar surface area (TPSA) is 48.4 Å². The molecule has 0 saturated carbocycles. The maximum Gasteiger partial charge on any atom is 0.573 e. The molecule has 1 heterocycles. The third-order valence-electron chi connectivity index (χ3n) is 2.48. The van der Waals surface area contributed by atoms with E-state index in [9.17, 15) is 18.0 Å². The number of hydrogen-bond donors (Lipinski definition) is 0. The molecular formula is C14H9ClF3NO3. The monoisotopic (exact) mass is 331 g/mol. The van der Waals surface area contributed by atoms with Gasteiger partial charge in [-0.1, -0.05) is 17.7 Å². The van der Waals surface area contributed by atoms with Crippen LogP contribution in [0.25, 0.3) is 0 Å². The first-order chi connectivity index (χ1) is 10.3. The van der Waals surface area contributed by atoms with Crippen molar-refractivity contribution < 1.29 is 27.4 Å². The van der Waals surface area contributed by atoms with Crippen LogP contribution in [0.5, 0.6) is 5.75 Å². The summed E-state index contributed by atoms with van der Waals surface area (Å²) in [4.78, 5) is 15.6. The zero-order valence-corrected chi connectivity index (χ0v) is 11.7. The lowest BCUT2D eigenvalue weighted by atomic mass is 10.2. The molecule has 0 bridgehead atoms. The van der Waals surface area contributed by atoms with Gasteiger partial charge in [0.15, 0.2) is 0 Å². The van der Waals surface area contributed by atoms with Crippen molar-refractivity contribution in [3.63, 3.8) is 0 Å². The van der Waals surface area contributed by atoms with Crippen LogP contribution in [0, 0.1) is 0 Å². The number of nitrogens with zero attached hydrogens (tertiary/aromatic N) is 1. The highest BCUT2D eigenvalue weighted by atomic mass is 35.5. The highest BCUT2D eigenvalue weighted by Crippen LogP contribution is 2.23. The van der Waals surface area contributed by atoms with Crippen LogP contribution in [0.4, 0.5) is 13.2 Å². The summed E-state index contributed by atoms with van der Waals surface area (Å²) in [5.74, 6) is -1.08. The number of benzene rings is 1. The molecule has 0 aliphatic carbocycles. The average molecular weight is 332 g/mol. The first kappa shape index (κ1) is 16.1. The SMILES string of the molecule is O=C(OCc1ccc(Cl)nc1)c1ccc(OC(F)(F)F)cc1. The number of aromatic nitrogens is 1. The minimum Gasteiger partial charge on any atom is -0.457 e. The standard InChI is InChI=1S/C14H9ClF3NO3/c15-12-6-1-9(7-19-12)8-21-13(20)10-2-4-11(5-3-10)22-14(16,17)18/h1-7H,8H2. The lowest BCUT2D eigenvalue weighted by Gasteiger charge is -2.09. The van der Waals surface area contributed by atoms with E-state index >= 15 is 0 Å². The average Bonchev–Trinajstić information content (AvgIpc) is 2.45. The molecule has 8 heteroatoms. The molecule has 22 heavy (non-hydrogen) atoms. The van der Waals surface area contributed by atoms with Gasteiger partial charge in [-0.25, -0.2) is 9.78 Å². The summed E-state index contributed by atoms with van der Waals surface area (Å²) in [5.41, 5.74) is 0.742. The van der Waals surface area contributed by atoms with E-state index in [2.05, 4.69) is 9.72 Å². The smallest absolute Gasteiger partial charge is 0.457 e. The van der Waals surface area contributed by atoms with Crippen LogP contribution >= 0.6 is 11.6 Å². The summed E-state index contributed by atoms with van der Waals surface area (Å²) in [5, 5.41) is 0.315. The van der Waals surface area contributed by atoms with E-state index in [-0.39, 0.29) is 12.2 Å². The van der Waals surface area contributed by atoms with Crippen molar-refractivity contribution in [3.05, 3.63) is 58.9 Å². The summed E-state index contributed by atoms with van der Waals surface area (Å²) in [6.07, 6.45) is -3.32. The molecule has 0 fully saturated rings. The summed E-state index contributed by atoms with van der Waals surface area (Å²) in [6.45, 7) is -0.0240. The number of rotatable bonds is 4. The van der Waals surface area contributed by atoms with Crippen molar-refractivity contribution >= 4 is 17.6 Å². The van der Waals surface area contributed by atoms with Crippen LogP contribution in [0.1, 0.15) is 15.9 Å². The third-order valence-corrected chi connectivity index (χ3v) is 2.71. The molecular weight excluding hydrogens is 323 g/mol. The number of alkyl halides is 3. The van der Waals surface area contributed by atoms with E-state index in [1.165, 1.54) is 18.3 Å². The molecule has 116 valence electrons. The number of halogens is 4. The van der Waals surface area contributed by atoms with E-state index in [1.807, 2.05) is 0 Å². The Bertz CT molecular complexity index is 642.